The number of ether oxygens (including phenoxy) is 1. The first-order valence-corrected chi connectivity index (χ1v) is 9.04. The summed E-state index contributed by atoms with van der Waals surface area (Å²) >= 11 is 1.36. The third kappa shape index (κ3) is 2.46. The Hall–Kier alpha value is -0.430. The van der Waals surface area contributed by atoms with Crippen molar-refractivity contribution in [2.75, 3.05) is 13.2 Å². The van der Waals surface area contributed by atoms with Crippen LogP contribution in [0.15, 0.2) is 16.3 Å². The van der Waals surface area contributed by atoms with Gasteiger partial charge in [0.25, 0.3) is 10.0 Å². The first-order chi connectivity index (χ1) is 9.09. The van der Waals surface area contributed by atoms with Crippen LogP contribution in [-0.4, -0.2) is 38.0 Å². The maximum atomic E-state index is 12.7. The minimum Gasteiger partial charge on any atom is -0.375 e. The molecule has 1 saturated heterocycles. The van der Waals surface area contributed by atoms with Crippen LogP contribution in [0.1, 0.15) is 30.6 Å². The van der Waals surface area contributed by atoms with Gasteiger partial charge in [-0.15, -0.1) is 11.3 Å². The van der Waals surface area contributed by atoms with Gasteiger partial charge in [-0.25, -0.2) is 8.42 Å². The molecule has 2 atom stereocenters. The maximum absolute atomic E-state index is 12.7. The molecular formula is C13H19NO3S2. The van der Waals surface area contributed by atoms with E-state index in [9.17, 15) is 8.42 Å². The Morgan fingerprint density at radius 1 is 1.32 bits per heavy atom. The van der Waals surface area contributed by atoms with Crippen LogP contribution in [0.2, 0.25) is 0 Å². The molecule has 0 bridgehead atoms. The Balaban J connectivity index is 1.91. The summed E-state index contributed by atoms with van der Waals surface area (Å²) in [4.78, 5) is 1.03. The highest BCUT2D eigenvalue weighted by molar-refractivity contribution is 7.91. The molecule has 19 heavy (non-hydrogen) atoms. The number of nitrogens with zero attached hydrogens (tertiary/aromatic N) is 1. The molecular weight excluding hydrogens is 282 g/mol. The van der Waals surface area contributed by atoms with Gasteiger partial charge in [-0.05, 0) is 31.9 Å². The third-order valence-corrected chi connectivity index (χ3v) is 7.35. The van der Waals surface area contributed by atoms with E-state index >= 15 is 0 Å². The van der Waals surface area contributed by atoms with E-state index in [4.69, 9.17) is 4.74 Å². The lowest BCUT2D eigenvalue weighted by Crippen LogP contribution is -2.54. The van der Waals surface area contributed by atoms with Gasteiger partial charge in [0.1, 0.15) is 4.21 Å². The van der Waals surface area contributed by atoms with Crippen molar-refractivity contribution in [2.45, 2.75) is 49.0 Å². The van der Waals surface area contributed by atoms with Gasteiger partial charge in [-0.3, -0.25) is 0 Å². The number of sulfonamides is 1. The number of fused-ring (bicyclic) bond motifs is 1. The van der Waals surface area contributed by atoms with Crippen molar-refractivity contribution in [3.63, 3.8) is 0 Å². The van der Waals surface area contributed by atoms with Crippen LogP contribution >= 0.6 is 11.3 Å². The summed E-state index contributed by atoms with van der Waals surface area (Å²) in [6, 6.07) is 3.63. The number of hydrogen-bond donors (Lipinski definition) is 0. The van der Waals surface area contributed by atoms with Crippen molar-refractivity contribution in [3.8, 4) is 0 Å². The molecule has 2 fully saturated rings. The van der Waals surface area contributed by atoms with Gasteiger partial charge >= 0.3 is 0 Å². The van der Waals surface area contributed by atoms with Crippen LogP contribution < -0.4 is 0 Å². The van der Waals surface area contributed by atoms with Gasteiger partial charge in [0.05, 0.1) is 18.8 Å². The largest absolute Gasteiger partial charge is 0.375 e. The molecule has 0 unspecified atom stereocenters. The molecule has 3 rings (SSSR count). The van der Waals surface area contributed by atoms with Gasteiger partial charge in [0.2, 0.25) is 0 Å². The summed E-state index contributed by atoms with van der Waals surface area (Å²) in [5.74, 6) is 0. The Morgan fingerprint density at radius 3 is 2.84 bits per heavy atom. The predicted octanol–water partition coefficient (Wildman–Crippen LogP) is 2.39. The van der Waals surface area contributed by atoms with Crippen LogP contribution in [-0.2, 0) is 14.8 Å². The summed E-state index contributed by atoms with van der Waals surface area (Å²) in [5, 5.41) is 0. The second kappa shape index (κ2) is 5.16. The van der Waals surface area contributed by atoms with Crippen LogP contribution in [0.25, 0.3) is 0 Å². The maximum Gasteiger partial charge on any atom is 0.252 e. The van der Waals surface area contributed by atoms with Gasteiger partial charge in [0, 0.05) is 11.4 Å². The molecule has 4 nitrogen and oxygen atoms in total. The van der Waals surface area contributed by atoms with Gasteiger partial charge in [0.15, 0.2) is 0 Å². The molecule has 0 N–H and O–H groups in total. The lowest BCUT2D eigenvalue weighted by molar-refractivity contribution is -0.0585. The molecule has 1 aliphatic heterocycles. The number of rotatable bonds is 2. The molecule has 1 aromatic rings. The van der Waals surface area contributed by atoms with E-state index in [0.29, 0.717) is 17.4 Å². The van der Waals surface area contributed by atoms with Crippen molar-refractivity contribution in [3.05, 3.63) is 17.0 Å². The SMILES string of the molecule is Cc1ccc(S(=O)(=O)N2CCO[C@@H]3CCCC[C@@H]32)s1. The van der Waals surface area contributed by atoms with Crippen LogP contribution in [0.3, 0.4) is 0 Å². The highest BCUT2D eigenvalue weighted by Crippen LogP contribution is 2.34. The zero-order valence-electron chi connectivity index (χ0n) is 11.0. The molecule has 1 saturated carbocycles. The quantitative estimate of drug-likeness (QED) is 0.842. The van der Waals surface area contributed by atoms with Crippen molar-refractivity contribution in [1.82, 2.24) is 4.31 Å². The number of hydrogen-bond acceptors (Lipinski definition) is 4. The minimum atomic E-state index is -3.34. The fraction of sp³-hybridized carbons (Fsp3) is 0.692. The molecule has 0 spiro atoms. The average molecular weight is 301 g/mol. The smallest absolute Gasteiger partial charge is 0.252 e. The second-order valence-electron chi connectivity index (χ2n) is 5.24. The van der Waals surface area contributed by atoms with E-state index in [2.05, 4.69) is 0 Å². The fourth-order valence-corrected chi connectivity index (χ4v) is 6.10. The van der Waals surface area contributed by atoms with Gasteiger partial charge in [-0.1, -0.05) is 12.8 Å². The number of aryl methyl sites for hydroxylation is 1. The van der Waals surface area contributed by atoms with Gasteiger partial charge in [-0.2, -0.15) is 4.31 Å². The summed E-state index contributed by atoms with van der Waals surface area (Å²) in [6.45, 7) is 2.94. The zero-order valence-corrected chi connectivity index (χ0v) is 12.7. The molecule has 1 aromatic heterocycles. The lowest BCUT2D eigenvalue weighted by atomic mass is 9.91. The van der Waals surface area contributed by atoms with E-state index < -0.39 is 10.0 Å². The van der Waals surface area contributed by atoms with E-state index in [1.165, 1.54) is 11.3 Å². The van der Waals surface area contributed by atoms with Crippen LogP contribution in [0.5, 0.6) is 0 Å². The standard InChI is InChI=1S/C13H19NO3S2/c1-10-6-7-13(18-10)19(15,16)14-8-9-17-12-5-3-2-4-11(12)14/h6-7,11-12H,2-5,8-9H2,1H3/t11-,12+/m0/s1. The summed E-state index contributed by atoms with van der Waals surface area (Å²) in [5.41, 5.74) is 0. The molecule has 1 aliphatic carbocycles. The molecule has 106 valence electrons. The average Bonchev–Trinajstić information content (AvgIpc) is 2.85. The highest BCUT2D eigenvalue weighted by atomic mass is 32.2. The highest BCUT2D eigenvalue weighted by Gasteiger charge is 2.41. The Morgan fingerprint density at radius 2 is 2.11 bits per heavy atom. The Kier molecular flexibility index (Phi) is 3.68. The molecule has 0 radical (unpaired) electrons. The fourth-order valence-electron chi connectivity index (χ4n) is 3.03. The minimum absolute atomic E-state index is 0.0370. The lowest BCUT2D eigenvalue weighted by Gasteiger charge is -2.42. The van der Waals surface area contributed by atoms with E-state index in [1.807, 2.05) is 13.0 Å². The number of thiophene rings is 1. The van der Waals surface area contributed by atoms with E-state index in [1.54, 1.807) is 10.4 Å². The summed E-state index contributed by atoms with van der Waals surface area (Å²) in [6.07, 6.45) is 4.25. The Bertz CT molecular complexity index is 550. The number of morpholine rings is 1. The first kappa shape index (κ1) is 13.5. The molecule has 2 heterocycles. The third-order valence-electron chi connectivity index (χ3n) is 3.96. The topological polar surface area (TPSA) is 46.6 Å². The summed E-state index contributed by atoms with van der Waals surface area (Å²) in [7, 11) is -3.34. The molecule has 2 aliphatic rings. The van der Waals surface area contributed by atoms with Crippen molar-refractivity contribution >= 4 is 21.4 Å². The summed E-state index contributed by atoms with van der Waals surface area (Å²) < 4.78 is 33.4. The zero-order chi connectivity index (χ0) is 13.5. The van der Waals surface area contributed by atoms with Crippen LogP contribution in [0.4, 0.5) is 0 Å². The normalized spacial score (nSPS) is 29.1. The molecule has 0 aromatic carbocycles. The van der Waals surface area contributed by atoms with Gasteiger partial charge < -0.3 is 4.74 Å². The molecule has 6 heteroatoms. The molecule has 0 amide bonds. The first-order valence-electron chi connectivity index (χ1n) is 6.79. The second-order valence-corrected chi connectivity index (χ2v) is 8.65. The van der Waals surface area contributed by atoms with Crippen LogP contribution in [0, 0.1) is 6.92 Å². The van der Waals surface area contributed by atoms with Crippen molar-refractivity contribution in [2.24, 2.45) is 0 Å². The van der Waals surface area contributed by atoms with E-state index in [-0.39, 0.29) is 12.1 Å². The monoisotopic (exact) mass is 301 g/mol. The Labute approximate surface area is 118 Å². The van der Waals surface area contributed by atoms with Crippen molar-refractivity contribution in [1.29, 1.82) is 0 Å². The van der Waals surface area contributed by atoms with E-state index in [0.717, 1.165) is 30.6 Å². The predicted molar refractivity (Wildman–Crippen MR) is 74.9 cm³/mol. The van der Waals surface area contributed by atoms with Crippen molar-refractivity contribution < 1.29 is 13.2 Å².